The minimum atomic E-state index is -0.744. The Morgan fingerprint density at radius 2 is 1.83 bits per heavy atom. The fourth-order valence-corrected chi connectivity index (χ4v) is 0.548. The van der Waals surface area contributed by atoms with Crippen molar-refractivity contribution in [3.05, 3.63) is 6.92 Å². The molecule has 12 heavy (non-hydrogen) atoms. The zero-order chi connectivity index (χ0) is 9.07. The molecule has 0 amide bonds. The SMILES string of the molecule is [CH2-]C(C)(C)OC(=O)CC(C)=O.[Na+]. The first-order valence-corrected chi connectivity index (χ1v) is 3.38. The molecule has 64 valence electrons. The molecule has 0 aromatic heterocycles. The van der Waals surface area contributed by atoms with Crippen LogP contribution in [0.4, 0.5) is 0 Å². The summed E-state index contributed by atoms with van der Waals surface area (Å²) in [6.45, 7) is 8.22. The van der Waals surface area contributed by atoms with Crippen LogP contribution in [0.3, 0.4) is 0 Å². The van der Waals surface area contributed by atoms with Gasteiger partial charge in [-0.2, -0.15) is 0 Å². The minimum Gasteiger partial charge on any atom is -0.493 e. The van der Waals surface area contributed by atoms with Crippen LogP contribution in [0.5, 0.6) is 0 Å². The molecule has 0 aromatic rings. The van der Waals surface area contributed by atoms with Gasteiger partial charge in [0.25, 0.3) is 0 Å². The van der Waals surface area contributed by atoms with Gasteiger partial charge in [-0.05, 0) is 12.5 Å². The summed E-state index contributed by atoms with van der Waals surface area (Å²) in [4.78, 5) is 21.2. The molecular formula is C8H13NaO3. The molecule has 4 heteroatoms. The van der Waals surface area contributed by atoms with Crippen molar-refractivity contribution in [1.29, 1.82) is 0 Å². The van der Waals surface area contributed by atoms with Gasteiger partial charge in [-0.25, -0.2) is 0 Å². The topological polar surface area (TPSA) is 43.4 Å². The largest absolute Gasteiger partial charge is 1.00 e. The van der Waals surface area contributed by atoms with Gasteiger partial charge in [0.1, 0.15) is 12.2 Å². The molecule has 0 heterocycles. The molecule has 0 saturated heterocycles. The molecule has 0 unspecified atom stereocenters. The molecule has 0 fully saturated rings. The summed E-state index contributed by atoms with van der Waals surface area (Å²) in [5, 5.41) is 0. The van der Waals surface area contributed by atoms with Gasteiger partial charge in [-0.1, -0.05) is 13.8 Å². The number of carbonyl (C=O) groups is 2. The van der Waals surface area contributed by atoms with Crippen LogP contribution in [-0.2, 0) is 14.3 Å². The third-order valence-electron chi connectivity index (χ3n) is 0.783. The average molecular weight is 180 g/mol. The Bertz CT molecular complexity index is 170. The number of ketones is 1. The Hall–Kier alpha value is 0.140. The number of rotatable bonds is 3. The molecule has 0 rings (SSSR count). The molecule has 0 aromatic carbocycles. The van der Waals surface area contributed by atoms with E-state index in [2.05, 4.69) is 6.92 Å². The van der Waals surface area contributed by atoms with E-state index in [9.17, 15) is 9.59 Å². The standard InChI is InChI=1S/C8H13O3.Na/c1-6(9)5-7(10)11-8(2,3)4;/h2,5H2,1,3-4H3;/q-1;+1. The normalized spacial score (nSPS) is 10.0. The summed E-state index contributed by atoms with van der Waals surface area (Å²) in [6, 6.07) is 0. The first-order valence-electron chi connectivity index (χ1n) is 3.38. The van der Waals surface area contributed by atoms with E-state index < -0.39 is 11.6 Å². The molecule has 0 radical (unpaired) electrons. The Kier molecular flexibility index (Phi) is 7.00. The average Bonchev–Trinajstić information content (AvgIpc) is 1.53. The van der Waals surface area contributed by atoms with E-state index in [-0.39, 0.29) is 41.8 Å². The van der Waals surface area contributed by atoms with Crippen LogP contribution < -0.4 is 29.6 Å². The maximum absolute atomic E-state index is 10.8. The van der Waals surface area contributed by atoms with Gasteiger partial charge in [0.2, 0.25) is 0 Å². The van der Waals surface area contributed by atoms with Crippen molar-refractivity contribution in [1.82, 2.24) is 0 Å². The van der Waals surface area contributed by atoms with Gasteiger partial charge >= 0.3 is 35.5 Å². The summed E-state index contributed by atoms with van der Waals surface area (Å²) >= 11 is 0. The van der Waals surface area contributed by atoms with Gasteiger partial charge in [0, 0.05) is 0 Å². The van der Waals surface area contributed by atoms with Crippen molar-refractivity contribution in [2.45, 2.75) is 32.8 Å². The molecule has 3 nitrogen and oxygen atoms in total. The van der Waals surface area contributed by atoms with Crippen LogP contribution in [-0.4, -0.2) is 17.4 Å². The summed E-state index contributed by atoms with van der Waals surface area (Å²) in [6.07, 6.45) is -0.168. The number of carbonyl (C=O) groups excluding carboxylic acids is 2. The number of hydrogen-bond donors (Lipinski definition) is 0. The van der Waals surface area contributed by atoms with Gasteiger partial charge < -0.3 is 11.7 Å². The Morgan fingerprint density at radius 1 is 1.42 bits per heavy atom. The summed E-state index contributed by atoms with van der Waals surface area (Å²) < 4.78 is 4.78. The molecule has 0 bridgehead atoms. The fraction of sp³-hybridized carbons (Fsp3) is 0.625. The zero-order valence-corrected chi connectivity index (χ0v) is 10.1. The van der Waals surface area contributed by atoms with Gasteiger partial charge in [-0.3, -0.25) is 9.59 Å². The minimum absolute atomic E-state index is 0. The molecule has 0 saturated carbocycles. The Balaban J connectivity index is 0. The molecule has 0 aliphatic heterocycles. The van der Waals surface area contributed by atoms with Crippen molar-refractivity contribution in [2.24, 2.45) is 0 Å². The molecule has 0 aliphatic carbocycles. The summed E-state index contributed by atoms with van der Waals surface area (Å²) in [5.74, 6) is -0.711. The monoisotopic (exact) mass is 180 g/mol. The van der Waals surface area contributed by atoms with Gasteiger partial charge in [-0.15, -0.1) is 0 Å². The van der Waals surface area contributed by atoms with E-state index in [4.69, 9.17) is 4.74 Å². The second-order valence-corrected chi connectivity index (χ2v) is 3.11. The van der Waals surface area contributed by atoms with Crippen molar-refractivity contribution in [2.75, 3.05) is 0 Å². The fourth-order valence-electron chi connectivity index (χ4n) is 0.548. The molecule has 0 N–H and O–H groups in total. The van der Waals surface area contributed by atoms with E-state index in [1.165, 1.54) is 6.92 Å². The van der Waals surface area contributed by atoms with Crippen LogP contribution in [0.15, 0.2) is 0 Å². The van der Waals surface area contributed by atoms with Crippen LogP contribution in [0.2, 0.25) is 0 Å². The van der Waals surface area contributed by atoms with Crippen LogP contribution in [0, 0.1) is 6.92 Å². The Morgan fingerprint density at radius 3 is 2.08 bits per heavy atom. The molecule has 0 atom stereocenters. The van der Waals surface area contributed by atoms with Crippen molar-refractivity contribution in [3.8, 4) is 0 Å². The third kappa shape index (κ3) is 10.1. The quantitative estimate of drug-likeness (QED) is 0.221. The van der Waals surface area contributed by atoms with E-state index in [0.717, 1.165) is 0 Å². The first kappa shape index (κ1) is 14.7. The predicted molar refractivity (Wildman–Crippen MR) is 40.8 cm³/mol. The zero-order valence-electron chi connectivity index (χ0n) is 8.14. The number of Topliss-reactive ketones (excluding diaryl/α,β-unsaturated/α-hetero) is 1. The van der Waals surface area contributed by atoms with E-state index in [0.29, 0.717) is 0 Å². The molecular weight excluding hydrogens is 167 g/mol. The third-order valence-corrected chi connectivity index (χ3v) is 0.783. The number of hydrogen-bond acceptors (Lipinski definition) is 3. The van der Waals surface area contributed by atoms with E-state index in [1.54, 1.807) is 13.8 Å². The van der Waals surface area contributed by atoms with E-state index in [1.807, 2.05) is 0 Å². The first-order chi connectivity index (χ1) is 4.81. The van der Waals surface area contributed by atoms with Crippen LogP contribution in [0.1, 0.15) is 27.2 Å². The van der Waals surface area contributed by atoms with Crippen molar-refractivity contribution < 1.29 is 43.9 Å². The maximum Gasteiger partial charge on any atom is 1.00 e. The van der Waals surface area contributed by atoms with Gasteiger partial charge in [0.05, 0.1) is 0 Å². The maximum atomic E-state index is 10.8. The Labute approximate surface area is 95.1 Å². The second kappa shape index (κ2) is 5.73. The van der Waals surface area contributed by atoms with E-state index >= 15 is 0 Å². The van der Waals surface area contributed by atoms with Crippen LogP contribution >= 0.6 is 0 Å². The van der Waals surface area contributed by atoms with Gasteiger partial charge in [0.15, 0.2) is 0 Å². The number of ether oxygens (including phenoxy) is 1. The van der Waals surface area contributed by atoms with Crippen molar-refractivity contribution in [3.63, 3.8) is 0 Å². The summed E-state index contributed by atoms with van der Waals surface area (Å²) in [5.41, 5.74) is -0.744. The molecule has 0 spiro atoms. The van der Waals surface area contributed by atoms with Crippen LogP contribution in [0.25, 0.3) is 0 Å². The predicted octanol–water partition coefficient (Wildman–Crippen LogP) is -1.87. The molecule has 0 aliphatic rings. The number of esters is 1. The summed E-state index contributed by atoms with van der Waals surface area (Å²) in [7, 11) is 0. The smallest absolute Gasteiger partial charge is 0.493 e. The van der Waals surface area contributed by atoms with Crippen molar-refractivity contribution >= 4 is 11.8 Å². The second-order valence-electron chi connectivity index (χ2n) is 3.11.